The first-order valence-electron chi connectivity index (χ1n) is 7.74. The van der Waals surface area contributed by atoms with E-state index in [4.69, 9.17) is 0 Å². The van der Waals surface area contributed by atoms with Gasteiger partial charge in [-0.25, -0.2) is 4.39 Å². The van der Waals surface area contributed by atoms with Gasteiger partial charge in [-0.3, -0.25) is 9.80 Å². The van der Waals surface area contributed by atoms with E-state index in [0.717, 1.165) is 25.2 Å². The van der Waals surface area contributed by atoms with Crippen LogP contribution >= 0.6 is 0 Å². The molecule has 0 spiro atoms. The number of rotatable bonds is 3. The van der Waals surface area contributed by atoms with Crippen molar-refractivity contribution in [1.29, 1.82) is 0 Å². The van der Waals surface area contributed by atoms with Gasteiger partial charge in [0.25, 0.3) is 0 Å². The minimum Gasteiger partial charge on any atom is -0.423 e. The van der Waals surface area contributed by atoms with Crippen LogP contribution in [0.4, 0.5) is 4.39 Å². The molecule has 2 aliphatic heterocycles. The Balaban J connectivity index is 1.66. The summed E-state index contributed by atoms with van der Waals surface area (Å²) >= 11 is 0. The first kappa shape index (κ1) is 15.0. The summed E-state index contributed by atoms with van der Waals surface area (Å²) in [5.74, 6) is -0.410. The maximum Gasteiger partial charge on any atom is 0.488 e. The van der Waals surface area contributed by atoms with E-state index in [1.165, 1.54) is 37.9 Å². The molecule has 21 heavy (non-hydrogen) atoms. The lowest BCUT2D eigenvalue weighted by Crippen LogP contribution is -2.54. The Morgan fingerprint density at radius 3 is 2.81 bits per heavy atom. The maximum atomic E-state index is 13.6. The quantitative estimate of drug-likeness (QED) is 0.780. The van der Waals surface area contributed by atoms with Crippen molar-refractivity contribution in [2.24, 2.45) is 0 Å². The Labute approximate surface area is 125 Å². The average molecular weight is 292 g/mol. The Morgan fingerprint density at radius 1 is 1.14 bits per heavy atom. The smallest absolute Gasteiger partial charge is 0.423 e. The highest BCUT2D eigenvalue weighted by atomic mass is 19.1. The monoisotopic (exact) mass is 292 g/mol. The summed E-state index contributed by atoms with van der Waals surface area (Å²) in [6.45, 7) is 4.97. The molecule has 3 rings (SSSR count). The molecule has 2 N–H and O–H groups in total. The Bertz CT molecular complexity index is 501. The minimum absolute atomic E-state index is 0.223. The third-order valence-electron chi connectivity index (χ3n) is 4.61. The highest BCUT2D eigenvalue weighted by molar-refractivity contribution is 6.58. The van der Waals surface area contributed by atoms with Gasteiger partial charge in [-0.1, -0.05) is 12.5 Å². The fourth-order valence-electron chi connectivity index (χ4n) is 3.54. The van der Waals surface area contributed by atoms with Crippen LogP contribution in [0.1, 0.15) is 24.8 Å². The lowest BCUT2D eigenvalue weighted by Gasteiger charge is -2.44. The third-order valence-corrected chi connectivity index (χ3v) is 4.61. The van der Waals surface area contributed by atoms with E-state index in [-0.39, 0.29) is 5.46 Å². The molecule has 2 fully saturated rings. The number of piperazine rings is 1. The summed E-state index contributed by atoms with van der Waals surface area (Å²) in [6, 6.07) is 4.97. The molecular weight excluding hydrogens is 270 g/mol. The Kier molecular flexibility index (Phi) is 4.59. The zero-order valence-corrected chi connectivity index (χ0v) is 12.2. The fraction of sp³-hybridized carbons (Fsp3) is 0.600. The molecule has 1 aromatic carbocycles. The molecule has 0 radical (unpaired) electrons. The van der Waals surface area contributed by atoms with Crippen LogP contribution < -0.4 is 5.46 Å². The molecule has 4 nitrogen and oxygen atoms in total. The van der Waals surface area contributed by atoms with Crippen molar-refractivity contribution in [2.75, 3.05) is 26.2 Å². The predicted octanol–water partition coefficient (Wildman–Crippen LogP) is 0.176. The average Bonchev–Trinajstić information content (AvgIpc) is 2.46. The van der Waals surface area contributed by atoms with Gasteiger partial charge in [0.15, 0.2) is 0 Å². The molecule has 6 heteroatoms. The van der Waals surface area contributed by atoms with Crippen LogP contribution in [0, 0.1) is 5.82 Å². The van der Waals surface area contributed by atoms with Crippen LogP contribution in [0.2, 0.25) is 0 Å². The van der Waals surface area contributed by atoms with Crippen LogP contribution in [-0.4, -0.2) is 59.2 Å². The van der Waals surface area contributed by atoms with Gasteiger partial charge in [-0.2, -0.15) is 0 Å². The van der Waals surface area contributed by atoms with E-state index >= 15 is 0 Å². The fourth-order valence-corrected chi connectivity index (χ4v) is 3.54. The normalized spacial score (nSPS) is 23.9. The molecule has 0 aromatic heterocycles. The lowest BCUT2D eigenvalue weighted by molar-refractivity contribution is 0.0456. The molecule has 0 bridgehead atoms. The second-order valence-corrected chi connectivity index (χ2v) is 6.19. The summed E-state index contributed by atoms with van der Waals surface area (Å²) in [5, 5.41) is 18.4. The first-order chi connectivity index (χ1) is 10.1. The zero-order valence-electron chi connectivity index (χ0n) is 12.2. The predicted molar refractivity (Wildman–Crippen MR) is 80.7 cm³/mol. The SMILES string of the molecule is OB(O)c1cc(F)cc(CN2CCN3CCCCC3C2)c1. The standard InChI is InChI=1S/C15H22BFN2O2/c17-14-8-12(7-13(9-14)16(20)21)10-18-5-6-19-4-2-1-3-15(19)11-18/h7-9,15,20-21H,1-6,10-11H2. The maximum absolute atomic E-state index is 13.6. The van der Waals surface area contributed by atoms with E-state index in [9.17, 15) is 14.4 Å². The molecule has 0 aliphatic carbocycles. The van der Waals surface area contributed by atoms with Crippen molar-refractivity contribution >= 4 is 12.6 Å². The van der Waals surface area contributed by atoms with Gasteiger partial charge in [0, 0.05) is 32.2 Å². The Morgan fingerprint density at radius 2 is 2.00 bits per heavy atom. The molecular formula is C15H22BFN2O2. The summed E-state index contributed by atoms with van der Waals surface area (Å²) < 4.78 is 13.6. The van der Waals surface area contributed by atoms with Crippen LogP contribution in [0.15, 0.2) is 18.2 Å². The topological polar surface area (TPSA) is 46.9 Å². The van der Waals surface area contributed by atoms with Gasteiger partial charge in [-0.05, 0) is 42.5 Å². The summed E-state index contributed by atoms with van der Waals surface area (Å²) in [4.78, 5) is 4.91. The number of hydrogen-bond acceptors (Lipinski definition) is 4. The van der Waals surface area contributed by atoms with Gasteiger partial charge in [0.05, 0.1) is 0 Å². The summed E-state index contributed by atoms with van der Waals surface area (Å²) in [5.41, 5.74) is 1.03. The van der Waals surface area contributed by atoms with Crippen molar-refractivity contribution < 1.29 is 14.4 Å². The molecule has 1 atom stereocenters. The van der Waals surface area contributed by atoms with Crippen molar-refractivity contribution in [3.8, 4) is 0 Å². The number of piperidine rings is 1. The largest absolute Gasteiger partial charge is 0.488 e. The molecule has 2 heterocycles. The molecule has 1 aromatic rings. The molecule has 114 valence electrons. The van der Waals surface area contributed by atoms with Crippen LogP contribution in [0.3, 0.4) is 0 Å². The van der Waals surface area contributed by atoms with Gasteiger partial charge in [0.1, 0.15) is 5.82 Å². The molecule has 0 amide bonds. The van der Waals surface area contributed by atoms with Gasteiger partial charge in [-0.15, -0.1) is 0 Å². The second-order valence-electron chi connectivity index (χ2n) is 6.19. The molecule has 1 unspecified atom stereocenters. The first-order valence-corrected chi connectivity index (χ1v) is 7.74. The van der Waals surface area contributed by atoms with Gasteiger partial charge < -0.3 is 10.0 Å². The summed E-state index contributed by atoms with van der Waals surface area (Å²) in [6.07, 6.45) is 3.86. The second kappa shape index (κ2) is 6.44. The van der Waals surface area contributed by atoms with E-state index in [1.54, 1.807) is 6.07 Å². The third kappa shape index (κ3) is 3.63. The van der Waals surface area contributed by atoms with Crippen molar-refractivity contribution in [3.05, 3.63) is 29.6 Å². The summed E-state index contributed by atoms with van der Waals surface area (Å²) in [7, 11) is -1.62. The highest BCUT2D eigenvalue weighted by Crippen LogP contribution is 2.22. The Hall–Kier alpha value is -0.945. The van der Waals surface area contributed by atoms with E-state index < -0.39 is 12.9 Å². The van der Waals surface area contributed by atoms with Gasteiger partial charge in [0.2, 0.25) is 0 Å². The molecule has 2 saturated heterocycles. The van der Waals surface area contributed by atoms with Crippen molar-refractivity contribution in [2.45, 2.75) is 31.8 Å². The van der Waals surface area contributed by atoms with Crippen molar-refractivity contribution in [1.82, 2.24) is 9.80 Å². The van der Waals surface area contributed by atoms with Crippen LogP contribution in [0.25, 0.3) is 0 Å². The van der Waals surface area contributed by atoms with E-state index in [0.29, 0.717) is 12.6 Å². The van der Waals surface area contributed by atoms with Crippen LogP contribution in [0.5, 0.6) is 0 Å². The highest BCUT2D eigenvalue weighted by Gasteiger charge is 2.28. The van der Waals surface area contributed by atoms with E-state index in [2.05, 4.69) is 9.80 Å². The van der Waals surface area contributed by atoms with Gasteiger partial charge >= 0.3 is 7.12 Å². The minimum atomic E-state index is -1.62. The number of nitrogens with zero attached hydrogens (tertiary/aromatic N) is 2. The number of benzene rings is 1. The zero-order chi connectivity index (χ0) is 14.8. The number of hydrogen-bond donors (Lipinski definition) is 2. The number of halogens is 1. The lowest BCUT2D eigenvalue weighted by atomic mass is 9.79. The van der Waals surface area contributed by atoms with E-state index in [1.807, 2.05) is 0 Å². The van der Waals surface area contributed by atoms with Crippen LogP contribution in [-0.2, 0) is 6.54 Å². The molecule has 2 aliphatic rings. The number of fused-ring (bicyclic) bond motifs is 1. The molecule has 0 saturated carbocycles. The van der Waals surface area contributed by atoms with Crippen molar-refractivity contribution in [3.63, 3.8) is 0 Å².